The quantitative estimate of drug-likeness (QED) is 0.781. The maximum atomic E-state index is 12.6. The van der Waals surface area contributed by atoms with Gasteiger partial charge >= 0.3 is 0 Å². The molecule has 1 aliphatic rings. The third kappa shape index (κ3) is 4.57. The average molecular weight is 395 g/mol. The van der Waals surface area contributed by atoms with Gasteiger partial charge in [0.25, 0.3) is 0 Å². The molecule has 1 atom stereocenters. The van der Waals surface area contributed by atoms with Gasteiger partial charge in [0.15, 0.2) is 0 Å². The summed E-state index contributed by atoms with van der Waals surface area (Å²) < 4.78 is 33.3. The first-order chi connectivity index (χ1) is 12.5. The Morgan fingerprint density at radius 2 is 1.85 bits per heavy atom. The van der Waals surface area contributed by atoms with E-state index in [1.54, 1.807) is 19.2 Å². The van der Waals surface area contributed by atoms with Crippen molar-refractivity contribution in [3.05, 3.63) is 59.1 Å². The van der Waals surface area contributed by atoms with Crippen LogP contribution < -0.4 is 9.46 Å². The second-order valence-electron chi connectivity index (χ2n) is 6.34. The van der Waals surface area contributed by atoms with E-state index in [4.69, 9.17) is 16.3 Å². The number of ether oxygens (including phenoxy) is 1. The number of methoxy groups -OCH3 is 1. The van der Waals surface area contributed by atoms with E-state index in [9.17, 15) is 8.42 Å². The third-order valence-corrected chi connectivity index (χ3v) is 6.34. The summed E-state index contributed by atoms with van der Waals surface area (Å²) in [5.74, 6) is 0.771. The molecular formula is C19H23ClN2O3S. The zero-order chi connectivity index (χ0) is 18.6. The number of hydrogen-bond donors (Lipinski definition) is 1. The first kappa shape index (κ1) is 19.2. The molecule has 5 nitrogen and oxygen atoms in total. The van der Waals surface area contributed by atoms with E-state index in [1.807, 2.05) is 24.3 Å². The number of hydrogen-bond acceptors (Lipinski definition) is 4. The maximum Gasteiger partial charge on any atom is 0.240 e. The fraction of sp³-hybridized carbons (Fsp3) is 0.368. The number of benzene rings is 2. The second kappa shape index (κ2) is 8.39. The average Bonchev–Trinajstić information content (AvgIpc) is 3.17. The minimum absolute atomic E-state index is 0.0327. The predicted molar refractivity (Wildman–Crippen MR) is 103 cm³/mol. The lowest BCUT2D eigenvalue weighted by atomic mass is 10.1. The minimum atomic E-state index is -3.59. The highest BCUT2D eigenvalue weighted by molar-refractivity contribution is 7.89. The summed E-state index contributed by atoms with van der Waals surface area (Å²) in [6, 6.07) is 14.0. The van der Waals surface area contributed by atoms with Crippen LogP contribution in [-0.4, -0.2) is 40.1 Å². The number of likely N-dealkylation sites (tertiary alicyclic amines) is 1. The second-order valence-corrected chi connectivity index (χ2v) is 8.54. The molecule has 140 valence electrons. The summed E-state index contributed by atoms with van der Waals surface area (Å²) in [6.07, 6.45) is 2.26. The zero-order valence-electron chi connectivity index (χ0n) is 14.7. The van der Waals surface area contributed by atoms with E-state index in [2.05, 4.69) is 9.62 Å². The molecule has 0 saturated carbocycles. The maximum absolute atomic E-state index is 12.6. The fourth-order valence-corrected chi connectivity index (χ4v) is 4.41. The SMILES string of the molecule is COc1cccc(C(CNS(=O)(=O)c2ccc(Cl)cc2)N2CCCC2)c1. The molecule has 1 saturated heterocycles. The van der Waals surface area contributed by atoms with Crippen LogP contribution in [-0.2, 0) is 10.0 Å². The summed E-state index contributed by atoms with van der Waals surface area (Å²) in [5.41, 5.74) is 1.05. The lowest BCUT2D eigenvalue weighted by molar-refractivity contribution is 0.246. The first-order valence-corrected chi connectivity index (χ1v) is 10.5. The van der Waals surface area contributed by atoms with Gasteiger partial charge in [0.2, 0.25) is 10.0 Å². The molecular weight excluding hydrogens is 372 g/mol. The van der Waals surface area contributed by atoms with Gasteiger partial charge in [-0.1, -0.05) is 23.7 Å². The molecule has 2 aromatic rings. The Labute approximate surface area is 160 Å². The Morgan fingerprint density at radius 1 is 1.15 bits per heavy atom. The minimum Gasteiger partial charge on any atom is -0.497 e. The van der Waals surface area contributed by atoms with Gasteiger partial charge in [-0.3, -0.25) is 4.90 Å². The van der Waals surface area contributed by atoms with Gasteiger partial charge < -0.3 is 4.74 Å². The highest BCUT2D eigenvalue weighted by Crippen LogP contribution is 2.27. The van der Waals surface area contributed by atoms with Crippen molar-refractivity contribution in [1.29, 1.82) is 0 Å². The molecule has 0 spiro atoms. The number of rotatable bonds is 7. The summed E-state index contributed by atoms with van der Waals surface area (Å²) in [6.45, 7) is 2.23. The molecule has 7 heteroatoms. The molecule has 0 amide bonds. The summed E-state index contributed by atoms with van der Waals surface area (Å²) in [4.78, 5) is 2.53. The van der Waals surface area contributed by atoms with Crippen molar-refractivity contribution in [3.63, 3.8) is 0 Å². The molecule has 3 rings (SSSR count). The molecule has 1 fully saturated rings. The van der Waals surface area contributed by atoms with Crippen LogP contribution in [0.4, 0.5) is 0 Å². The van der Waals surface area contributed by atoms with Crippen LogP contribution in [0, 0.1) is 0 Å². The molecule has 0 aromatic heterocycles. The normalized spacial score (nSPS) is 16.5. The molecule has 26 heavy (non-hydrogen) atoms. The third-order valence-electron chi connectivity index (χ3n) is 4.65. The van der Waals surface area contributed by atoms with Crippen LogP contribution >= 0.6 is 11.6 Å². The lowest BCUT2D eigenvalue weighted by Gasteiger charge is -2.28. The van der Waals surface area contributed by atoms with Gasteiger partial charge in [-0.05, 0) is 67.9 Å². The Hall–Kier alpha value is -1.60. The van der Waals surface area contributed by atoms with E-state index in [-0.39, 0.29) is 10.9 Å². The van der Waals surface area contributed by atoms with Crippen molar-refractivity contribution in [2.45, 2.75) is 23.8 Å². The van der Waals surface area contributed by atoms with Crippen molar-refractivity contribution in [1.82, 2.24) is 9.62 Å². The molecule has 1 unspecified atom stereocenters. The first-order valence-electron chi connectivity index (χ1n) is 8.63. The molecule has 2 aromatic carbocycles. The van der Waals surface area contributed by atoms with E-state index < -0.39 is 10.0 Å². The number of nitrogens with zero attached hydrogens (tertiary/aromatic N) is 1. The van der Waals surface area contributed by atoms with Crippen LogP contribution in [0.1, 0.15) is 24.4 Å². The number of sulfonamides is 1. The van der Waals surface area contributed by atoms with Crippen LogP contribution in [0.3, 0.4) is 0 Å². The van der Waals surface area contributed by atoms with E-state index in [0.29, 0.717) is 11.6 Å². The molecule has 1 heterocycles. The van der Waals surface area contributed by atoms with Gasteiger partial charge in [-0.15, -0.1) is 0 Å². The van der Waals surface area contributed by atoms with Crippen LogP contribution in [0.25, 0.3) is 0 Å². The molecule has 1 aliphatic heterocycles. The number of halogens is 1. The highest BCUT2D eigenvalue weighted by atomic mass is 35.5. The Morgan fingerprint density at radius 3 is 2.50 bits per heavy atom. The van der Waals surface area contributed by atoms with Gasteiger partial charge in [-0.25, -0.2) is 13.1 Å². The van der Waals surface area contributed by atoms with Crippen LogP contribution in [0.2, 0.25) is 5.02 Å². The van der Waals surface area contributed by atoms with Crippen LogP contribution in [0.5, 0.6) is 5.75 Å². The van der Waals surface area contributed by atoms with E-state index >= 15 is 0 Å². The summed E-state index contributed by atoms with van der Waals surface area (Å²) in [7, 11) is -1.96. The van der Waals surface area contributed by atoms with Crippen molar-refractivity contribution >= 4 is 21.6 Å². The fourth-order valence-electron chi connectivity index (χ4n) is 3.25. The Balaban J connectivity index is 1.80. The van der Waals surface area contributed by atoms with Crippen LogP contribution in [0.15, 0.2) is 53.4 Å². The van der Waals surface area contributed by atoms with E-state index in [0.717, 1.165) is 37.2 Å². The van der Waals surface area contributed by atoms with Gasteiger partial charge in [0.1, 0.15) is 5.75 Å². The largest absolute Gasteiger partial charge is 0.497 e. The molecule has 1 N–H and O–H groups in total. The topological polar surface area (TPSA) is 58.6 Å². The van der Waals surface area contributed by atoms with Crippen molar-refractivity contribution < 1.29 is 13.2 Å². The lowest BCUT2D eigenvalue weighted by Crippen LogP contribution is -2.36. The van der Waals surface area contributed by atoms with E-state index in [1.165, 1.54) is 12.1 Å². The summed E-state index contributed by atoms with van der Waals surface area (Å²) in [5, 5.41) is 0.510. The van der Waals surface area contributed by atoms with Gasteiger partial charge in [-0.2, -0.15) is 0 Å². The van der Waals surface area contributed by atoms with Gasteiger partial charge in [0.05, 0.1) is 12.0 Å². The standard InChI is InChI=1S/C19H23ClN2O3S/c1-25-17-6-4-5-15(13-17)19(22-11-2-3-12-22)14-21-26(23,24)18-9-7-16(20)8-10-18/h4-10,13,19,21H,2-3,11-12,14H2,1H3. The van der Waals surface area contributed by atoms with Crippen molar-refractivity contribution in [2.75, 3.05) is 26.7 Å². The molecule has 0 bridgehead atoms. The monoisotopic (exact) mass is 394 g/mol. The van der Waals surface area contributed by atoms with Crippen molar-refractivity contribution in [3.8, 4) is 5.75 Å². The predicted octanol–water partition coefficient (Wildman–Crippen LogP) is 3.46. The zero-order valence-corrected chi connectivity index (χ0v) is 16.3. The van der Waals surface area contributed by atoms with Gasteiger partial charge in [0, 0.05) is 17.6 Å². The Kier molecular flexibility index (Phi) is 6.19. The Bertz CT molecular complexity index is 834. The number of nitrogens with one attached hydrogen (secondary N) is 1. The summed E-state index contributed by atoms with van der Waals surface area (Å²) >= 11 is 5.85. The van der Waals surface area contributed by atoms with Crippen molar-refractivity contribution in [2.24, 2.45) is 0 Å². The highest BCUT2D eigenvalue weighted by Gasteiger charge is 2.26. The molecule has 0 radical (unpaired) electrons. The smallest absolute Gasteiger partial charge is 0.240 e. The molecule has 0 aliphatic carbocycles.